The summed E-state index contributed by atoms with van der Waals surface area (Å²) >= 11 is 3.53. The van der Waals surface area contributed by atoms with Crippen molar-refractivity contribution in [1.82, 2.24) is 9.78 Å². The van der Waals surface area contributed by atoms with Gasteiger partial charge < -0.3 is 5.73 Å². The largest absolute Gasteiger partial charge is 0.330 e. The maximum atomic E-state index is 5.47. The van der Waals surface area contributed by atoms with Gasteiger partial charge in [0.1, 0.15) is 0 Å². The number of aromatic nitrogens is 2. The number of hydrogen-bond acceptors (Lipinski definition) is 2. The van der Waals surface area contributed by atoms with Crippen LogP contribution in [-0.4, -0.2) is 16.3 Å². The zero-order chi connectivity index (χ0) is 9.97. The van der Waals surface area contributed by atoms with Crippen molar-refractivity contribution in [3.8, 4) is 0 Å². The molecule has 0 saturated carbocycles. The Hall–Kier alpha value is -0.870. The van der Waals surface area contributed by atoms with E-state index in [0.717, 1.165) is 28.3 Å². The Labute approximate surface area is 91.0 Å². The van der Waals surface area contributed by atoms with Gasteiger partial charge in [-0.2, -0.15) is 5.10 Å². The highest BCUT2D eigenvalue weighted by molar-refractivity contribution is 9.10. The molecule has 1 aromatic carbocycles. The number of halogens is 1. The highest BCUT2D eigenvalue weighted by atomic mass is 79.9. The highest BCUT2D eigenvalue weighted by Gasteiger charge is 2.04. The third kappa shape index (κ3) is 1.67. The van der Waals surface area contributed by atoms with Crippen LogP contribution in [0.4, 0.5) is 0 Å². The van der Waals surface area contributed by atoms with Crippen molar-refractivity contribution in [3.63, 3.8) is 0 Å². The molecule has 0 unspecified atom stereocenters. The predicted octanol–water partition coefficient (Wildman–Crippen LogP) is 2.15. The molecule has 0 saturated heterocycles. The summed E-state index contributed by atoms with van der Waals surface area (Å²) in [7, 11) is 0. The molecule has 2 N–H and O–H groups in total. The van der Waals surface area contributed by atoms with Crippen LogP contribution in [0.15, 0.2) is 28.9 Å². The SMILES string of the molecule is NCCCn1ncc2cccc(Br)c21. The number of hydrogen-bond donors (Lipinski definition) is 1. The lowest BCUT2D eigenvalue weighted by atomic mass is 10.2. The number of rotatable bonds is 3. The van der Waals surface area contributed by atoms with Gasteiger partial charge in [-0.15, -0.1) is 0 Å². The van der Waals surface area contributed by atoms with Gasteiger partial charge in [-0.1, -0.05) is 12.1 Å². The maximum absolute atomic E-state index is 5.47. The molecule has 14 heavy (non-hydrogen) atoms. The van der Waals surface area contributed by atoms with Gasteiger partial charge >= 0.3 is 0 Å². The van der Waals surface area contributed by atoms with Gasteiger partial charge in [0.25, 0.3) is 0 Å². The van der Waals surface area contributed by atoms with Crippen LogP contribution in [0.3, 0.4) is 0 Å². The van der Waals surface area contributed by atoms with E-state index < -0.39 is 0 Å². The number of aryl methyl sites for hydroxylation is 1. The summed E-state index contributed by atoms with van der Waals surface area (Å²) in [6.07, 6.45) is 2.84. The lowest BCUT2D eigenvalue weighted by molar-refractivity contribution is 0.602. The Morgan fingerprint density at radius 2 is 2.29 bits per heavy atom. The molecule has 0 amide bonds. The van der Waals surface area contributed by atoms with E-state index in [2.05, 4.69) is 27.1 Å². The van der Waals surface area contributed by atoms with Crippen molar-refractivity contribution in [1.29, 1.82) is 0 Å². The van der Waals surface area contributed by atoms with E-state index in [1.165, 1.54) is 0 Å². The molecule has 0 spiro atoms. The van der Waals surface area contributed by atoms with Gasteiger partial charge in [0.05, 0.1) is 11.7 Å². The van der Waals surface area contributed by atoms with Crippen LogP contribution >= 0.6 is 15.9 Å². The fourth-order valence-corrected chi connectivity index (χ4v) is 2.09. The van der Waals surface area contributed by atoms with Crippen molar-refractivity contribution in [2.24, 2.45) is 5.73 Å². The van der Waals surface area contributed by atoms with Crippen molar-refractivity contribution in [3.05, 3.63) is 28.9 Å². The molecule has 4 heteroatoms. The van der Waals surface area contributed by atoms with Crippen LogP contribution in [-0.2, 0) is 6.54 Å². The topological polar surface area (TPSA) is 43.8 Å². The van der Waals surface area contributed by atoms with Gasteiger partial charge in [0, 0.05) is 16.4 Å². The molecular weight excluding hydrogens is 242 g/mol. The van der Waals surface area contributed by atoms with Crippen LogP contribution < -0.4 is 5.73 Å². The minimum atomic E-state index is 0.700. The maximum Gasteiger partial charge on any atom is 0.0824 e. The molecule has 3 nitrogen and oxygen atoms in total. The number of nitrogens with zero attached hydrogens (tertiary/aromatic N) is 2. The van der Waals surface area contributed by atoms with E-state index in [4.69, 9.17) is 5.73 Å². The van der Waals surface area contributed by atoms with E-state index in [1.54, 1.807) is 0 Å². The lowest BCUT2D eigenvalue weighted by Gasteiger charge is -2.03. The second-order valence-corrected chi connectivity index (χ2v) is 4.04. The smallest absolute Gasteiger partial charge is 0.0824 e. The first-order chi connectivity index (χ1) is 6.83. The van der Waals surface area contributed by atoms with Crippen LogP contribution in [0.5, 0.6) is 0 Å². The molecule has 0 aliphatic rings. The molecule has 0 atom stereocenters. The molecule has 0 bridgehead atoms. The van der Waals surface area contributed by atoms with Crippen molar-refractivity contribution in [2.45, 2.75) is 13.0 Å². The average Bonchev–Trinajstić information content (AvgIpc) is 2.59. The van der Waals surface area contributed by atoms with Crippen LogP contribution in [0.2, 0.25) is 0 Å². The number of para-hydroxylation sites is 1. The van der Waals surface area contributed by atoms with E-state index in [-0.39, 0.29) is 0 Å². The van der Waals surface area contributed by atoms with Gasteiger partial charge in [-0.3, -0.25) is 4.68 Å². The number of fused-ring (bicyclic) bond motifs is 1. The molecular formula is C10H12BrN3. The molecule has 0 aliphatic heterocycles. The Morgan fingerprint density at radius 3 is 3.07 bits per heavy atom. The number of nitrogens with two attached hydrogens (primary N) is 1. The second kappa shape index (κ2) is 4.11. The van der Waals surface area contributed by atoms with E-state index in [0.29, 0.717) is 6.54 Å². The third-order valence-corrected chi connectivity index (χ3v) is 2.83. The van der Waals surface area contributed by atoms with Crippen molar-refractivity contribution < 1.29 is 0 Å². The van der Waals surface area contributed by atoms with Crippen molar-refractivity contribution >= 4 is 26.8 Å². The predicted molar refractivity (Wildman–Crippen MR) is 61.1 cm³/mol. The highest BCUT2D eigenvalue weighted by Crippen LogP contribution is 2.23. The molecule has 0 aliphatic carbocycles. The summed E-state index contributed by atoms with van der Waals surface area (Å²) in [6.45, 7) is 1.58. The second-order valence-electron chi connectivity index (χ2n) is 3.19. The van der Waals surface area contributed by atoms with Gasteiger partial charge in [-0.25, -0.2) is 0 Å². The quantitative estimate of drug-likeness (QED) is 0.911. The van der Waals surface area contributed by atoms with Crippen LogP contribution in [0.1, 0.15) is 6.42 Å². The van der Waals surface area contributed by atoms with Crippen LogP contribution in [0.25, 0.3) is 10.9 Å². The zero-order valence-corrected chi connectivity index (χ0v) is 9.37. The summed E-state index contributed by atoms with van der Waals surface area (Å²) in [5, 5.41) is 5.49. The monoisotopic (exact) mass is 253 g/mol. The van der Waals surface area contributed by atoms with Gasteiger partial charge in [0.2, 0.25) is 0 Å². The average molecular weight is 254 g/mol. The molecule has 74 valence electrons. The molecule has 1 heterocycles. The first-order valence-electron chi connectivity index (χ1n) is 4.63. The normalized spacial score (nSPS) is 11.0. The fraction of sp³-hybridized carbons (Fsp3) is 0.300. The van der Waals surface area contributed by atoms with Crippen LogP contribution in [0, 0.1) is 0 Å². The van der Waals surface area contributed by atoms with E-state index in [1.807, 2.05) is 23.0 Å². The molecule has 1 aromatic heterocycles. The summed E-state index contributed by atoms with van der Waals surface area (Å²) in [5.41, 5.74) is 6.63. The molecule has 0 radical (unpaired) electrons. The minimum Gasteiger partial charge on any atom is -0.330 e. The van der Waals surface area contributed by atoms with Gasteiger partial charge in [0.15, 0.2) is 0 Å². The zero-order valence-electron chi connectivity index (χ0n) is 7.78. The fourth-order valence-electron chi connectivity index (χ4n) is 1.51. The third-order valence-electron chi connectivity index (χ3n) is 2.19. The summed E-state index contributed by atoms with van der Waals surface area (Å²) in [4.78, 5) is 0. The summed E-state index contributed by atoms with van der Waals surface area (Å²) < 4.78 is 3.08. The first kappa shape index (κ1) is 9.68. The molecule has 2 rings (SSSR count). The first-order valence-corrected chi connectivity index (χ1v) is 5.42. The Bertz CT molecular complexity index is 436. The summed E-state index contributed by atoms with van der Waals surface area (Å²) in [6, 6.07) is 6.11. The minimum absolute atomic E-state index is 0.700. The Morgan fingerprint density at radius 1 is 1.43 bits per heavy atom. The number of benzene rings is 1. The van der Waals surface area contributed by atoms with E-state index >= 15 is 0 Å². The van der Waals surface area contributed by atoms with E-state index in [9.17, 15) is 0 Å². The Balaban J connectivity index is 2.45. The summed E-state index contributed by atoms with van der Waals surface area (Å²) in [5.74, 6) is 0. The standard InChI is InChI=1S/C10H12BrN3/c11-9-4-1-3-8-7-13-14(10(8)9)6-2-5-12/h1,3-4,7H,2,5-6,12H2. The molecule has 2 aromatic rings. The van der Waals surface area contributed by atoms with Crippen molar-refractivity contribution in [2.75, 3.05) is 6.54 Å². The molecule has 0 fully saturated rings. The lowest BCUT2D eigenvalue weighted by Crippen LogP contribution is -2.06. The Kier molecular flexibility index (Phi) is 2.84. The van der Waals surface area contributed by atoms with Gasteiger partial charge in [-0.05, 0) is 35.0 Å².